The Morgan fingerprint density at radius 2 is 1.36 bits per heavy atom. The summed E-state index contributed by atoms with van der Waals surface area (Å²) >= 11 is 1.38. The fraction of sp³-hybridized carbons (Fsp3) is 0.0645. The van der Waals surface area contributed by atoms with Crippen LogP contribution in [0.25, 0.3) is 11.3 Å². The van der Waals surface area contributed by atoms with Gasteiger partial charge in [-0.1, -0.05) is 0 Å². The number of thioether (sulfide) groups is 1. The molecular weight excluding hydrogens is 523 g/mol. The fourth-order valence-electron chi connectivity index (χ4n) is 5.02. The first-order valence-electron chi connectivity index (χ1n) is 12.3. The topological polar surface area (TPSA) is 92.7 Å². The van der Waals surface area contributed by atoms with Gasteiger partial charge in [0.1, 0.15) is 0 Å². The summed E-state index contributed by atoms with van der Waals surface area (Å²) in [6, 6.07) is 39.9. The van der Waals surface area contributed by atoms with E-state index in [0.29, 0.717) is 33.8 Å². The van der Waals surface area contributed by atoms with Gasteiger partial charge in [-0.05, 0) is 0 Å². The van der Waals surface area contributed by atoms with E-state index in [2.05, 4.69) is 83.8 Å². The molecule has 0 aliphatic rings. The van der Waals surface area contributed by atoms with Crippen molar-refractivity contribution in [2.45, 2.75) is 11.3 Å². The van der Waals surface area contributed by atoms with Crippen molar-refractivity contribution >= 4 is 40.6 Å². The number of hydrogen-bond acceptors (Lipinski definition) is 6. The third-order valence-electron chi connectivity index (χ3n) is 6.82. The Kier molecular flexibility index (Phi) is 7.79. The van der Waals surface area contributed by atoms with Crippen molar-refractivity contribution in [1.29, 1.82) is 5.26 Å². The Hall–Kier alpha value is -4.37. The molecule has 0 radical (unpaired) electrons. The molecule has 0 fully saturated rings. The van der Waals surface area contributed by atoms with Crippen LogP contribution >= 0.6 is 19.0 Å². The van der Waals surface area contributed by atoms with Gasteiger partial charge < -0.3 is 0 Å². The standard InChI is InChI=1S/C31H25N4O2PS/c1-39-31-33-29(28(21-32)30(34-31)23-12-11-13-24(20-23)35(36)37)22-38(25-14-5-2-6-15-25,26-16-7-3-8-17-26)27-18-9-4-10-19-27/h2-20,38H,22H2,1H3. The summed E-state index contributed by atoms with van der Waals surface area (Å²) in [4.78, 5) is 20.6. The summed E-state index contributed by atoms with van der Waals surface area (Å²) in [5, 5.41) is 26.1. The van der Waals surface area contributed by atoms with Crippen molar-refractivity contribution in [3.63, 3.8) is 0 Å². The van der Waals surface area contributed by atoms with Gasteiger partial charge in [0.25, 0.3) is 0 Å². The van der Waals surface area contributed by atoms with Crippen LogP contribution in [0.15, 0.2) is 120 Å². The molecule has 0 amide bonds. The molecule has 0 aliphatic heterocycles. The minimum atomic E-state index is -2.76. The molecule has 1 heterocycles. The molecule has 5 rings (SSSR count). The molecule has 0 unspecified atom stereocenters. The van der Waals surface area contributed by atoms with Gasteiger partial charge >= 0.3 is 232 Å². The molecule has 0 atom stereocenters. The van der Waals surface area contributed by atoms with E-state index in [1.165, 1.54) is 39.8 Å². The SMILES string of the molecule is CSc1nc(C[PH](c2ccccc2)(c2ccccc2)c2ccccc2)c(C#N)c(-c2cccc([N+](=O)[O-])c2)n1. The Morgan fingerprint density at radius 1 is 0.821 bits per heavy atom. The number of nitro groups is 1. The van der Waals surface area contributed by atoms with Crippen LogP contribution in [0.2, 0.25) is 0 Å². The Balaban J connectivity index is 1.81. The van der Waals surface area contributed by atoms with Crippen molar-refractivity contribution in [1.82, 2.24) is 9.97 Å². The molecule has 0 aliphatic carbocycles. The van der Waals surface area contributed by atoms with Gasteiger partial charge in [-0.15, -0.1) is 0 Å². The van der Waals surface area contributed by atoms with Crippen LogP contribution in [0.1, 0.15) is 11.3 Å². The maximum atomic E-state index is 11.5. The van der Waals surface area contributed by atoms with Crippen LogP contribution in [0.4, 0.5) is 5.69 Å². The van der Waals surface area contributed by atoms with Gasteiger partial charge in [0.2, 0.25) is 0 Å². The number of hydrogen-bond donors (Lipinski definition) is 0. The number of nitriles is 1. The predicted octanol–water partition coefficient (Wildman–Crippen LogP) is 5.87. The Bertz CT molecular complexity index is 1560. The molecule has 0 N–H and O–H groups in total. The molecule has 0 saturated carbocycles. The molecule has 0 saturated heterocycles. The third kappa shape index (κ3) is 5.18. The summed E-state index contributed by atoms with van der Waals surface area (Å²) in [5.41, 5.74) is 1.86. The van der Waals surface area contributed by atoms with E-state index in [4.69, 9.17) is 4.98 Å². The Morgan fingerprint density at radius 3 is 1.82 bits per heavy atom. The van der Waals surface area contributed by atoms with Crippen molar-refractivity contribution in [3.8, 4) is 17.3 Å². The first-order valence-corrected chi connectivity index (χ1v) is 15.8. The average Bonchev–Trinajstić information content (AvgIpc) is 3.00. The normalized spacial score (nSPS) is 11.5. The van der Waals surface area contributed by atoms with Crippen molar-refractivity contribution < 1.29 is 4.92 Å². The van der Waals surface area contributed by atoms with E-state index in [0.717, 1.165) is 0 Å². The van der Waals surface area contributed by atoms with Gasteiger partial charge in [0.05, 0.1) is 0 Å². The van der Waals surface area contributed by atoms with Crippen LogP contribution in [0.5, 0.6) is 0 Å². The van der Waals surface area contributed by atoms with Gasteiger partial charge in [0, 0.05) is 0 Å². The van der Waals surface area contributed by atoms with E-state index in [-0.39, 0.29) is 5.69 Å². The molecule has 4 aromatic carbocycles. The molecular formula is C31H25N4O2PS. The minimum absolute atomic E-state index is 0.0520. The van der Waals surface area contributed by atoms with Gasteiger partial charge in [-0.3, -0.25) is 0 Å². The average molecular weight is 549 g/mol. The second kappa shape index (κ2) is 11.6. The van der Waals surface area contributed by atoms with E-state index < -0.39 is 12.2 Å². The predicted molar refractivity (Wildman–Crippen MR) is 161 cm³/mol. The number of rotatable bonds is 8. The van der Waals surface area contributed by atoms with Crippen LogP contribution in [-0.4, -0.2) is 21.1 Å². The first-order chi connectivity index (χ1) is 19.1. The quantitative estimate of drug-likeness (QED) is 0.0792. The zero-order valence-corrected chi connectivity index (χ0v) is 23.0. The van der Waals surface area contributed by atoms with Crippen molar-refractivity contribution in [2.24, 2.45) is 0 Å². The molecule has 8 heteroatoms. The van der Waals surface area contributed by atoms with Crippen molar-refractivity contribution in [3.05, 3.63) is 137 Å². The first kappa shape index (κ1) is 26.2. The number of aromatic nitrogens is 2. The Labute approximate surface area is 231 Å². The molecule has 5 aromatic rings. The monoisotopic (exact) mass is 548 g/mol. The summed E-state index contributed by atoms with van der Waals surface area (Å²) in [6.45, 7) is 0. The summed E-state index contributed by atoms with van der Waals surface area (Å²) in [6.07, 6.45) is 2.41. The van der Waals surface area contributed by atoms with E-state index in [1.807, 2.05) is 24.5 Å². The molecule has 192 valence electrons. The molecule has 0 spiro atoms. The molecule has 39 heavy (non-hydrogen) atoms. The zero-order valence-electron chi connectivity index (χ0n) is 21.2. The van der Waals surface area contributed by atoms with Crippen LogP contribution in [-0.2, 0) is 6.16 Å². The van der Waals surface area contributed by atoms with E-state index in [1.54, 1.807) is 12.1 Å². The number of nitro benzene ring substituents is 1. The summed E-state index contributed by atoms with van der Waals surface area (Å²) < 4.78 is 0. The second-order valence-corrected chi connectivity index (χ2v) is 13.6. The van der Waals surface area contributed by atoms with Crippen LogP contribution in [0.3, 0.4) is 0 Å². The van der Waals surface area contributed by atoms with Crippen LogP contribution < -0.4 is 15.9 Å². The molecule has 6 nitrogen and oxygen atoms in total. The second-order valence-electron chi connectivity index (χ2n) is 8.98. The summed E-state index contributed by atoms with van der Waals surface area (Å²) in [7, 11) is -2.76. The number of nitrogens with zero attached hydrogens (tertiary/aromatic N) is 4. The van der Waals surface area contributed by atoms with E-state index in [9.17, 15) is 15.4 Å². The fourth-order valence-corrected chi connectivity index (χ4v) is 10.1. The van der Waals surface area contributed by atoms with E-state index >= 15 is 0 Å². The maximum absolute atomic E-state index is 11.5. The summed E-state index contributed by atoms with van der Waals surface area (Å²) in [5.74, 6) is 0. The molecule has 0 bridgehead atoms. The van der Waals surface area contributed by atoms with Crippen molar-refractivity contribution in [2.75, 3.05) is 6.26 Å². The van der Waals surface area contributed by atoms with Gasteiger partial charge in [-0.25, -0.2) is 0 Å². The number of benzene rings is 4. The molecule has 1 aromatic heterocycles. The van der Waals surface area contributed by atoms with Gasteiger partial charge in [-0.2, -0.15) is 0 Å². The number of non-ortho nitro benzene ring substituents is 1. The van der Waals surface area contributed by atoms with Gasteiger partial charge in [0.15, 0.2) is 0 Å². The zero-order chi connectivity index (χ0) is 27.2. The third-order valence-corrected chi connectivity index (χ3v) is 12.2. The van der Waals surface area contributed by atoms with Crippen LogP contribution in [0, 0.1) is 21.4 Å².